The van der Waals surface area contributed by atoms with E-state index in [-0.39, 0.29) is 12.2 Å². The molecule has 0 radical (unpaired) electrons. The van der Waals surface area contributed by atoms with Crippen molar-refractivity contribution < 1.29 is 9.53 Å². The quantitative estimate of drug-likeness (QED) is 0.884. The summed E-state index contributed by atoms with van der Waals surface area (Å²) in [6.45, 7) is 6.85. The van der Waals surface area contributed by atoms with E-state index in [0.717, 1.165) is 0 Å². The Labute approximate surface area is 111 Å². The van der Waals surface area contributed by atoms with E-state index in [2.05, 4.69) is 5.32 Å². The number of aromatic nitrogens is 1. The number of nitrogens with zero attached hydrogens (tertiary/aromatic N) is 2. The zero-order valence-electron chi connectivity index (χ0n) is 11.5. The van der Waals surface area contributed by atoms with E-state index in [1.807, 2.05) is 6.07 Å². The average Bonchev–Trinajstić information content (AvgIpc) is 2.26. The number of carbonyl (C=O) groups is 1. The number of rotatable bonds is 2. The van der Waals surface area contributed by atoms with Crippen molar-refractivity contribution in [3.8, 4) is 6.07 Å². The average molecular weight is 263 g/mol. The van der Waals surface area contributed by atoms with Gasteiger partial charge in [0.1, 0.15) is 17.8 Å². The number of nitrogens with one attached hydrogen (secondary N) is 1. The standard InChI is InChI=1S/C13H17N3O3/c1-9-5-6-10(11(17)16(9)8-7-14)15-12(18)19-13(2,3)4/h5-6H,8H2,1-4H3,(H,15,18). The lowest BCUT2D eigenvalue weighted by Crippen LogP contribution is -2.31. The van der Waals surface area contributed by atoms with Gasteiger partial charge in [0, 0.05) is 5.69 Å². The van der Waals surface area contributed by atoms with Gasteiger partial charge >= 0.3 is 6.09 Å². The molecule has 6 nitrogen and oxygen atoms in total. The van der Waals surface area contributed by atoms with Gasteiger partial charge in [0.25, 0.3) is 5.56 Å². The number of amides is 1. The van der Waals surface area contributed by atoms with E-state index in [4.69, 9.17) is 10.00 Å². The first-order valence-electron chi connectivity index (χ1n) is 5.82. The molecule has 1 heterocycles. The van der Waals surface area contributed by atoms with Gasteiger partial charge in [0.2, 0.25) is 0 Å². The maximum absolute atomic E-state index is 12.0. The predicted octanol–water partition coefficient (Wildman–Crippen LogP) is 2.03. The van der Waals surface area contributed by atoms with Crippen molar-refractivity contribution in [3.05, 3.63) is 28.2 Å². The molecule has 1 aromatic rings. The minimum absolute atomic E-state index is 0.0610. The number of hydrogen-bond acceptors (Lipinski definition) is 4. The van der Waals surface area contributed by atoms with Crippen molar-refractivity contribution in [2.24, 2.45) is 0 Å². The molecule has 0 aliphatic rings. The highest BCUT2D eigenvalue weighted by Gasteiger charge is 2.17. The normalized spacial score (nSPS) is 10.7. The van der Waals surface area contributed by atoms with Gasteiger partial charge in [-0.25, -0.2) is 4.79 Å². The molecule has 0 saturated heterocycles. The summed E-state index contributed by atoms with van der Waals surface area (Å²) in [6, 6.07) is 5.06. The first-order chi connectivity index (χ1) is 8.74. The van der Waals surface area contributed by atoms with Gasteiger partial charge in [0.05, 0.1) is 6.07 Å². The molecule has 0 unspecified atom stereocenters. The van der Waals surface area contributed by atoms with Crippen molar-refractivity contribution in [1.29, 1.82) is 5.26 Å². The van der Waals surface area contributed by atoms with Crippen LogP contribution >= 0.6 is 0 Å². The summed E-state index contributed by atoms with van der Waals surface area (Å²) in [4.78, 5) is 23.6. The van der Waals surface area contributed by atoms with Crippen LogP contribution in [0, 0.1) is 18.3 Å². The lowest BCUT2D eigenvalue weighted by molar-refractivity contribution is 0.0635. The van der Waals surface area contributed by atoms with Gasteiger partial charge in [0.15, 0.2) is 0 Å². The van der Waals surface area contributed by atoms with Crippen molar-refractivity contribution >= 4 is 11.8 Å². The molecule has 0 atom stereocenters. The summed E-state index contributed by atoms with van der Waals surface area (Å²) in [5, 5.41) is 11.1. The van der Waals surface area contributed by atoms with E-state index in [9.17, 15) is 9.59 Å². The van der Waals surface area contributed by atoms with E-state index >= 15 is 0 Å². The van der Waals surface area contributed by atoms with Gasteiger partial charge in [-0.05, 0) is 39.8 Å². The number of aryl methyl sites for hydroxylation is 1. The second kappa shape index (κ2) is 5.57. The highest BCUT2D eigenvalue weighted by molar-refractivity contribution is 5.84. The smallest absolute Gasteiger partial charge is 0.412 e. The van der Waals surface area contributed by atoms with Gasteiger partial charge in [-0.3, -0.25) is 14.7 Å². The van der Waals surface area contributed by atoms with Crippen molar-refractivity contribution in [2.75, 3.05) is 5.32 Å². The molecule has 1 amide bonds. The number of nitriles is 1. The molecule has 1 N–H and O–H groups in total. The van der Waals surface area contributed by atoms with Crippen LogP contribution in [0.3, 0.4) is 0 Å². The summed E-state index contributed by atoms with van der Waals surface area (Å²) in [6.07, 6.45) is -0.697. The highest BCUT2D eigenvalue weighted by Crippen LogP contribution is 2.09. The molecule has 0 aliphatic carbocycles. The lowest BCUT2D eigenvalue weighted by Gasteiger charge is -2.19. The molecule has 0 fully saturated rings. The topological polar surface area (TPSA) is 84.1 Å². The molecule has 0 saturated carbocycles. The van der Waals surface area contributed by atoms with Crippen LogP contribution < -0.4 is 10.9 Å². The second-order valence-electron chi connectivity index (χ2n) is 5.06. The Morgan fingerprint density at radius 3 is 2.63 bits per heavy atom. The van der Waals surface area contributed by atoms with Crippen LogP contribution in [0.5, 0.6) is 0 Å². The van der Waals surface area contributed by atoms with Gasteiger partial charge < -0.3 is 4.74 Å². The Morgan fingerprint density at radius 2 is 2.11 bits per heavy atom. The summed E-state index contributed by atoms with van der Waals surface area (Å²) in [5.41, 5.74) is -0.315. The first kappa shape index (κ1) is 14.8. The molecular weight excluding hydrogens is 246 g/mol. The number of carbonyl (C=O) groups excluding carboxylic acids is 1. The summed E-state index contributed by atoms with van der Waals surface area (Å²) >= 11 is 0. The first-order valence-corrected chi connectivity index (χ1v) is 5.82. The number of hydrogen-bond donors (Lipinski definition) is 1. The Balaban J connectivity index is 2.98. The summed E-state index contributed by atoms with van der Waals surface area (Å²) < 4.78 is 6.35. The van der Waals surface area contributed by atoms with Crippen LogP contribution in [0.4, 0.5) is 10.5 Å². The molecule has 102 valence electrons. The molecular formula is C13H17N3O3. The van der Waals surface area contributed by atoms with E-state index < -0.39 is 17.3 Å². The van der Waals surface area contributed by atoms with Crippen LogP contribution in [0.1, 0.15) is 26.5 Å². The van der Waals surface area contributed by atoms with Crippen LogP contribution in [0.15, 0.2) is 16.9 Å². The number of pyridine rings is 1. The van der Waals surface area contributed by atoms with E-state index in [0.29, 0.717) is 5.69 Å². The minimum atomic E-state index is -0.697. The molecule has 6 heteroatoms. The van der Waals surface area contributed by atoms with E-state index in [1.165, 1.54) is 10.6 Å². The van der Waals surface area contributed by atoms with Crippen LogP contribution in [0.25, 0.3) is 0 Å². The molecule has 0 aromatic carbocycles. The monoisotopic (exact) mass is 263 g/mol. The zero-order chi connectivity index (χ0) is 14.6. The maximum atomic E-state index is 12.0. The Hall–Kier alpha value is -2.29. The SMILES string of the molecule is Cc1ccc(NC(=O)OC(C)(C)C)c(=O)n1CC#N. The Kier molecular flexibility index (Phi) is 4.33. The van der Waals surface area contributed by atoms with Crippen LogP contribution in [-0.2, 0) is 11.3 Å². The molecule has 1 rings (SSSR count). The molecule has 0 spiro atoms. The Bertz CT molecular complexity index is 576. The third-order valence-electron chi connectivity index (χ3n) is 2.26. The van der Waals surface area contributed by atoms with Crippen molar-refractivity contribution in [1.82, 2.24) is 4.57 Å². The van der Waals surface area contributed by atoms with Gasteiger partial charge in [-0.15, -0.1) is 0 Å². The highest BCUT2D eigenvalue weighted by atomic mass is 16.6. The number of ether oxygens (including phenoxy) is 1. The fourth-order valence-corrected chi connectivity index (χ4v) is 1.45. The maximum Gasteiger partial charge on any atom is 0.412 e. The van der Waals surface area contributed by atoms with Crippen molar-refractivity contribution in [3.63, 3.8) is 0 Å². The molecule has 0 bridgehead atoms. The predicted molar refractivity (Wildman–Crippen MR) is 70.9 cm³/mol. The van der Waals surface area contributed by atoms with Gasteiger partial charge in [-0.1, -0.05) is 0 Å². The summed E-state index contributed by atoms with van der Waals surface area (Å²) in [7, 11) is 0. The fourth-order valence-electron chi connectivity index (χ4n) is 1.45. The van der Waals surface area contributed by atoms with Crippen LogP contribution in [0.2, 0.25) is 0 Å². The van der Waals surface area contributed by atoms with Crippen molar-refractivity contribution in [2.45, 2.75) is 39.8 Å². The third-order valence-corrected chi connectivity index (χ3v) is 2.26. The second-order valence-corrected chi connectivity index (χ2v) is 5.06. The van der Waals surface area contributed by atoms with E-state index in [1.54, 1.807) is 33.8 Å². The molecule has 1 aromatic heterocycles. The zero-order valence-corrected chi connectivity index (χ0v) is 11.5. The lowest BCUT2D eigenvalue weighted by atomic mass is 10.2. The largest absolute Gasteiger partial charge is 0.444 e. The van der Waals surface area contributed by atoms with Gasteiger partial charge in [-0.2, -0.15) is 5.26 Å². The molecule has 19 heavy (non-hydrogen) atoms. The minimum Gasteiger partial charge on any atom is -0.444 e. The Morgan fingerprint density at radius 1 is 1.47 bits per heavy atom. The van der Waals surface area contributed by atoms with Crippen LogP contribution in [-0.4, -0.2) is 16.3 Å². The third kappa shape index (κ3) is 4.14. The summed E-state index contributed by atoms with van der Waals surface area (Å²) in [5.74, 6) is 0. The number of anilines is 1. The molecule has 0 aliphatic heterocycles. The fraction of sp³-hybridized carbons (Fsp3) is 0.462.